The molecule has 1 aliphatic carbocycles. The quantitative estimate of drug-likeness (QED) is 0.557. The van der Waals surface area contributed by atoms with E-state index in [0.717, 1.165) is 31.7 Å². The van der Waals surface area contributed by atoms with Crippen LogP contribution in [-0.2, 0) is 6.18 Å². The standard InChI is InChI=1S/C15H14F4O/c16-13-9-11(7-8-12(13)15(17,18)19)14(20)10-5-3-1-2-4-6-10/h5,7-9H,1-4,6H2. The van der Waals surface area contributed by atoms with Crippen LogP contribution in [0.4, 0.5) is 17.6 Å². The summed E-state index contributed by atoms with van der Waals surface area (Å²) in [5.74, 6) is -1.78. The van der Waals surface area contributed by atoms with E-state index in [1.54, 1.807) is 0 Å². The van der Waals surface area contributed by atoms with E-state index in [-0.39, 0.29) is 11.3 Å². The van der Waals surface area contributed by atoms with Gasteiger partial charge in [-0.25, -0.2) is 4.39 Å². The molecule has 0 N–H and O–H groups in total. The van der Waals surface area contributed by atoms with Crippen LogP contribution >= 0.6 is 0 Å². The number of hydrogen-bond acceptors (Lipinski definition) is 1. The number of carbonyl (C=O) groups excluding carboxylic acids is 1. The van der Waals surface area contributed by atoms with Crippen molar-refractivity contribution in [3.63, 3.8) is 0 Å². The van der Waals surface area contributed by atoms with Gasteiger partial charge in [-0.3, -0.25) is 4.79 Å². The lowest BCUT2D eigenvalue weighted by molar-refractivity contribution is -0.140. The lowest BCUT2D eigenvalue weighted by Crippen LogP contribution is -2.10. The number of rotatable bonds is 2. The van der Waals surface area contributed by atoms with Crippen molar-refractivity contribution in [2.45, 2.75) is 38.3 Å². The maximum atomic E-state index is 13.5. The van der Waals surface area contributed by atoms with Gasteiger partial charge in [0.05, 0.1) is 5.56 Å². The van der Waals surface area contributed by atoms with Crippen molar-refractivity contribution in [1.29, 1.82) is 0 Å². The molecule has 108 valence electrons. The molecule has 0 atom stereocenters. The molecule has 0 bridgehead atoms. The summed E-state index contributed by atoms with van der Waals surface area (Å²) < 4.78 is 50.8. The molecule has 1 aromatic rings. The molecular formula is C15H14F4O. The highest BCUT2D eigenvalue weighted by atomic mass is 19.4. The maximum Gasteiger partial charge on any atom is 0.419 e. The third-order valence-electron chi connectivity index (χ3n) is 3.37. The van der Waals surface area contributed by atoms with E-state index < -0.39 is 17.6 Å². The summed E-state index contributed by atoms with van der Waals surface area (Å²) in [6, 6.07) is 2.34. The Hall–Kier alpha value is -1.65. The molecule has 0 amide bonds. The monoisotopic (exact) mass is 286 g/mol. The fourth-order valence-corrected chi connectivity index (χ4v) is 2.29. The minimum atomic E-state index is -4.74. The average Bonchev–Trinajstić information content (AvgIpc) is 2.65. The molecular weight excluding hydrogens is 272 g/mol. The van der Waals surface area contributed by atoms with E-state index in [4.69, 9.17) is 0 Å². The molecule has 0 radical (unpaired) electrons. The Morgan fingerprint density at radius 2 is 1.85 bits per heavy atom. The van der Waals surface area contributed by atoms with Gasteiger partial charge in [0.15, 0.2) is 5.78 Å². The van der Waals surface area contributed by atoms with Gasteiger partial charge in [0.2, 0.25) is 0 Å². The van der Waals surface area contributed by atoms with Crippen molar-refractivity contribution in [2.75, 3.05) is 0 Å². The van der Waals surface area contributed by atoms with Crippen molar-refractivity contribution in [2.24, 2.45) is 0 Å². The van der Waals surface area contributed by atoms with Crippen LogP contribution in [0.3, 0.4) is 0 Å². The van der Waals surface area contributed by atoms with Crippen LogP contribution in [0.5, 0.6) is 0 Å². The van der Waals surface area contributed by atoms with Gasteiger partial charge in [-0.15, -0.1) is 0 Å². The second-order valence-electron chi connectivity index (χ2n) is 4.85. The number of hydrogen-bond donors (Lipinski definition) is 0. The van der Waals surface area contributed by atoms with Crippen molar-refractivity contribution in [1.82, 2.24) is 0 Å². The van der Waals surface area contributed by atoms with Crippen LogP contribution in [0.15, 0.2) is 29.8 Å². The Bertz CT molecular complexity index is 543. The van der Waals surface area contributed by atoms with Crippen LogP contribution in [0.25, 0.3) is 0 Å². The Morgan fingerprint density at radius 1 is 1.10 bits per heavy atom. The van der Waals surface area contributed by atoms with Crippen LogP contribution in [0, 0.1) is 5.82 Å². The highest BCUT2D eigenvalue weighted by Gasteiger charge is 2.34. The third-order valence-corrected chi connectivity index (χ3v) is 3.37. The highest BCUT2D eigenvalue weighted by molar-refractivity contribution is 6.08. The molecule has 0 saturated carbocycles. The summed E-state index contributed by atoms with van der Waals surface area (Å²) in [4.78, 5) is 12.1. The zero-order chi connectivity index (χ0) is 14.8. The predicted molar refractivity (Wildman–Crippen MR) is 66.9 cm³/mol. The van der Waals surface area contributed by atoms with E-state index in [2.05, 4.69) is 0 Å². The zero-order valence-electron chi connectivity index (χ0n) is 10.8. The summed E-state index contributed by atoms with van der Waals surface area (Å²) in [6.45, 7) is 0. The van der Waals surface area contributed by atoms with Gasteiger partial charge >= 0.3 is 6.18 Å². The number of alkyl halides is 3. The summed E-state index contributed by atoms with van der Waals surface area (Å²) >= 11 is 0. The summed E-state index contributed by atoms with van der Waals surface area (Å²) in [5.41, 5.74) is -0.797. The predicted octanol–water partition coefficient (Wildman–Crippen LogP) is 4.92. The lowest BCUT2D eigenvalue weighted by Gasteiger charge is -2.10. The summed E-state index contributed by atoms with van der Waals surface area (Å²) in [5, 5.41) is 0. The number of allylic oxidation sites excluding steroid dienone is 2. The third kappa shape index (κ3) is 3.26. The van der Waals surface area contributed by atoms with E-state index in [9.17, 15) is 22.4 Å². The minimum absolute atomic E-state index is 0.0244. The van der Waals surface area contributed by atoms with Gasteiger partial charge in [-0.1, -0.05) is 18.6 Å². The van der Waals surface area contributed by atoms with Crippen molar-refractivity contribution in [3.8, 4) is 0 Å². The van der Waals surface area contributed by atoms with Crippen LogP contribution in [0.1, 0.15) is 48.0 Å². The first-order valence-corrected chi connectivity index (χ1v) is 6.50. The highest BCUT2D eigenvalue weighted by Crippen LogP contribution is 2.32. The molecule has 0 fully saturated rings. The molecule has 20 heavy (non-hydrogen) atoms. The van der Waals surface area contributed by atoms with Crippen LogP contribution in [0.2, 0.25) is 0 Å². The second kappa shape index (κ2) is 5.77. The topological polar surface area (TPSA) is 17.1 Å². The first-order chi connectivity index (χ1) is 9.39. The minimum Gasteiger partial charge on any atom is -0.289 e. The summed E-state index contributed by atoms with van der Waals surface area (Å²) in [7, 11) is 0. The molecule has 0 saturated heterocycles. The Labute approximate surface area is 114 Å². The normalized spacial score (nSPS) is 16.5. The molecule has 0 spiro atoms. The molecule has 5 heteroatoms. The molecule has 1 nitrogen and oxygen atoms in total. The maximum absolute atomic E-state index is 13.5. The fraction of sp³-hybridized carbons (Fsp3) is 0.400. The number of halogens is 4. The Balaban J connectivity index is 2.27. The van der Waals surface area contributed by atoms with Gasteiger partial charge < -0.3 is 0 Å². The number of benzene rings is 1. The fourth-order valence-electron chi connectivity index (χ4n) is 2.29. The molecule has 0 aromatic heterocycles. The number of carbonyl (C=O) groups is 1. The zero-order valence-corrected chi connectivity index (χ0v) is 10.8. The van der Waals surface area contributed by atoms with E-state index in [1.165, 1.54) is 0 Å². The van der Waals surface area contributed by atoms with Crippen molar-refractivity contribution in [3.05, 3.63) is 46.8 Å². The lowest BCUT2D eigenvalue weighted by atomic mass is 9.98. The van der Waals surface area contributed by atoms with Gasteiger partial charge in [0.1, 0.15) is 5.82 Å². The van der Waals surface area contributed by atoms with Crippen LogP contribution in [-0.4, -0.2) is 5.78 Å². The van der Waals surface area contributed by atoms with Crippen LogP contribution < -0.4 is 0 Å². The summed E-state index contributed by atoms with van der Waals surface area (Å²) in [6.07, 6.45) is 1.34. The van der Waals surface area contributed by atoms with E-state index in [0.29, 0.717) is 24.1 Å². The molecule has 0 heterocycles. The molecule has 0 aliphatic heterocycles. The van der Waals surface area contributed by atoms with Gasteiger partial charge in [0.25, 0.3) is 0 Å². The SMILES string of the molecule is O=C(C1=CCCCCC1)c1ccc(C(F)(F)F)c(F)c1. The number of Topliss-reactive ketones (excluding diaryl/α,β-unsaturated/α-hetero) is 1. The number of ketones is 1. The first-order valence-electron chi connectivity index (χ1n) is 6.50. The van der Waals surface area contributed by atoms with E-state index in [1.807, 2.05) is 6.08 Å². The smallest absolute Gasteiger partial charge is 0.289 e. The van der Waals surface area contributed by atoms with Gasteiger partial charge in [0, 0.05) is 5.56 Å². The Morgan fingerprint density at radius 3 is 2.50 bits per heavy atom. The molecule has 2 rings (SSSR count). The second-order valence-corrected chi connectivity index (χ2v) is 4.85. The largest absolute Gasteiger partial charge is 0.419 e. The van der Waals surface area contributed by atoms with Gasteiger partial charge in [-0.05, 0) is 43.4 Å². The van der Waals surface area contributed by atoms with Gasteiger partial charge in [-0.2, -0.15) is 13.2 Å². The first kappa shape index (κ1) is 14.8. The molecule has 0 unspecified atom stereocenters. The van der Waals surface area contributed by atoms with Crippen molar-refractivity contribution >= 4 is 5.78 Å². The van der Waals surface area contributed by atoms with Crippen molar-refractivity contribution < 1.29 is 22.4 Å². The average molecular weight is 286 g/mol. The Kier molecular flexibility index (Phi) is 4.26. The molecule has 1 aromatic carbocycles. The molecule has 1 aliphatic rings. The van der Waals surface area contributed by atoms with E-state index >= 15 is 0 Å².